The lowest BCUT2D eigenvalue weighted by atomic mass is 10.2. The molecule has 4 rings (SSSR count). The summed E-state index contributed by atoms with van der Waals surface area (Å²) in [5.74, 6) is 0.805. The Hall–Kier alpha value is -3.54. The predicted octanol–water partition coefficient (Wildman–Crippen LogP) is 1.80. The topological polar surface area (TPSA) is 114 Å². The molecule has 1 aromatic carbocycles. The summed E-state index contributed by atoms with van der Waals surface area (Å²) in [7, 11) is 0. The van der Waals surface area contributed by atoms with E-state index in [1.54, 1.807) is 4.90 Å². The molecule has 0 bridgehead atoms. The summed E-state index contributed by atoms with van der Waals surface area (Å²) in [6.07, 6.45) is 4.39. The minimum absolute atomic E-state index is 0.0114. The van der Waals surface area contributed by atoms with Gasteiger partial charge < -0.3 is 19.5 Å². The Bertz CT molecular complexity index is 1030. The Labute approximate surface area is 174 Å². The average Bonchev–Trinajstić information content (AvgIpc) is 3.44. The number of benzene rings is 1. The Morgan fingerprint density at radius 1 is 1.30 bits per heavy atom. The van der Waals surface area contributed by atoms with Gasteiger partial charge in [-0.2, -0.15) is 5.26 Å². The molecule has 0 aliphatic carbocycles. The van der Waals surface area contributed by atoms with Gasteiger partial charge in [0.25, 0.3) is 0 Å². The number of hydrogen-bond acceptors (Lipinski definition) is 5. The number of rotatable bonds is 4. The van der Waals surface area contributed by atoms with Crippen molar-refractivity contribution in [1.29, 1.82) is 5.26 Å². The van der Waals surface area contributed by atoms with Crippen molar-refractivity contribution in [2.24, 2.45) is 4.99 Å². The maximum absolute atomic E-state index is 12.7. The number of likely N-dealkylation sites (tertiary alicyclic amines) is 2. The summed E-state index contributed by atoms with van der Waals surface area (Å²) in [6.45, 7) is 3.98. The number of aryl methyl sites for hydroxylation is 1. The van der Waals surface area contributed by atoms with E-state index in [0.29, 0.717) is 13.0 Å². The monoisotopic (exact) mass is 408 g/mol. The molecule has 3 heterocycles. The molecule has 2 aliphatic heterocycles. The Morgan fingerprint density at radius 3 is 2.87 bits per heavy atom. The normalized spacial score (nSPS) is 19.4. The average molecular weight is 408 g/mol. The first kappa shape index (κ1) is 19.8. The standard InChI is InChI=1S/C21H24N6O3/c1-14-10-15-11-16(4-5-18(15)30-14)24-21(23-13-22)25-17-6-9-27(20(17)29)12-19(28)26-7-2-3-8-26/h4-5,10-11,17H,2-3,6-9,12H2,1H3,(H2,23,24,25)/t17-/m0/s1. The van der Waals surface area contributed by atoms with E-state index in [9.17, 15) is 9.59 Å². The molecule has 2 aliphatic rings. The number of carbonyl (C=O) groups is 2. The summed E-state index contributed by atoms with van der Waals surface area (Å²) in [5, 5.41) is 15.6. The molecule has 2 aromatic rings. The van der Waals surface area contributed by atoms with E-state index in [-0.39, 0.29) is 24.3 Å². The number of carbonyl (C=O) groups excluding carboxylic acids is 2. The van der Waals surface area contributed by atoms with Crippen LogP contribution in [0.3, 0.4) is 0 Å². The summed E-state index contributed by atoms with van der Waals surface area (Å²) < 4.78 is 5.57. The lowest BCUT2D eigenvalue weighted by molar-refractivity contribution is -0.138. The van der Waals surface area contributed by atoms with Crippen LogP contribution in [0.25, 0.3) is 11.0 Å². The molecule has 156 valence electrons. The quantitative estimate of drug-likeness (QED) is 0.345. The Morgan fingerprint density at radius 2 is 2.10 bits per heavy atom. The first-order chi connectivity index (χ1) is 14.5. The SMILES string of the molecule is Cc1cc2cc(NC(=N[C@H]3CCN(CC(=O)N4CCCC4)C3=O)NC#N)ccc2o1. The Kier molecular flexibility index (Phi) is 5.57. The summed E-state index contributed by atoms with van der Waals surface area (Å²) in [5.41, 5.74) is 1.49. The van der Waals surface area contributed by atoms with Crippen LogP contribution in [0.4, 0.5) is 5.69 Å². The van der Waals surface area contributed by atoms with Gasteiger partial charge >= 0.3 is 0 Å². The number of anilines is 1. The molecule has 9 heteroatoms. The van der Waals surface area contributed by atoms with Crippen molar-refractivity contribution in [2.45, 2.75) is 32.2 Å². The number of nitrogens with zero attached hydrogens (tertiary/aromatic N) is 4. The maximum atomic E-state index is 12.7. The number of fused-ring (bicyclic) bond motifs is 1. The van der Waals surface area contributed by atoms with Crippen molar-refractivity contribution in [1.82, 2.24) is 15.1 Å². The molecule has 1 atom stereocenters. The number of furan rings is 1. The number of amides is 2. The van der Waals surface area contributed by atoms with E-state index in [1.807, 2.05) is 42.3 Å². The fraction of sp³-hybridized carbons (Fsp3) is 0.429. The maximum Gasteiger partial charge on any atom is 0.248 e. The van der Waals surface area contributed by atoms with Gasteiger partial charge in [-0.15, -0.1) is 0 Å². The van der Waals surface area contributed by atoms with Gasteiger partial charge in [-0.3, -0.25) is 14.9 Å². The second kappa shape index (κ2) is 8.45. The lowest BCUT2D eigenvalue weighted by Crippen LogP contribution is -2.41. The van der Waals surface area contributed by atoms with Gasteiger partial charge in [0, 0.05) is 30.7 Å². The van der Waals surface area contributed by atoms with Crippen molar-refractivity contribution in [3.05, 3.63) is 30.0 Å². The van der Waals surface area contributed by atoms with Gasteiger partial charge in [0.2, 0.25) is 17.8 Å². The molecule has 1 aromatic heterocycles. The highest BCUT2D eigenvalue weighted by Gasteiger charge is 2.34. The van der Waals surface area contributed by atoms with Crippen LogP contribution < -0.4 is 10.6 Å². The molecule has 0 radical (unpaired) electrons. The highest BCUT2D eigenvalue weighted by atomic mass is 16.3. The number of nitrogens with one attached hydrogen (secondary N) is 2. The molecule has 9 nitrogen and oxygen atoms in total. The van der Waals surface area contributed by atoms with E-state index in [2.05, 4.69) is 15.6 Å². The zero-order chi connectivity index (χ0) is 21.1. The second-order valence-electron chi connectivity index (χ2n) is 7.60. The minimum atomic E-state index is -0.625. The summed E-state index contributed by atoms with van der Waals surface area (Å²) >= 11 is 0. The van der Waals surface area contributed by atoms with E-state index in [4.69, 9.17) is 9.68 Å². The van der Waals surface area contributed by atoms with Crippen molar-refractivity contribution in [2.75, 3.05) is 31.5 Å². The molecule has 0 unspecified atom stereocenters. The van der Waals surface area contributed by atoms with E-state index < -0.39 is 6.04 Å². The first-order valence-corrected chi connectivity index (χ1v) is 10.1. The predicted molar refractivity (Wildman–Crippen MR) is 112 cm³/mol. The van der Waals surface area contributed by atoms with Crippen molar-refractivity contribution in [3.63, 3.8) is 0 Å². The van der Waals surface area contributed by atoms with Crippen LogP contribution in [0.2, 0.25) is 0 Å². The second-order valence-corrected chi connectivity index (χ2v) is 7.60. The highest BCUT2D eigenvalue weighted by molar-refractivity contribution is 5.99. The van der Waals surface area contributed by atoms with Crippen LogP contribution in [0.1, 0.15) is 25.0 Å². The van der Waals surface area contributed by atoms with Crippen LogP contribution >= 0.6 is 0 Å². The molecular weight excluding hydrogens is 384 g/mol. The highest BCUT2D eigenvalue weighted by Crippen LogP contribution is 2.23. The fourth-order valence-corrected chi connectivity index (χ4v) is 3.92. The third-order valence-corrected chi connectivity index (χ3v) is 5.42. The summed E-state index contributed by atoms with van der Waals surface area (Å²) in [4.78, 5) is 32.8. The molecular formula is C21H24N6O3. The number of aliphatic imine (C=N–C) groups is 1. The number of hydrogen-bond donors (Lipinski definition) is 2. The van der Waals surface area contributed by atoms with E-state index in [0.717, 1.165) is 48.3 Å². The first-order valence-electron chi connectivity index (χ1n) is 10.1. The van der Waals surface area contributed by atoms with Gasteiger partial charge in [0.05, 0.1) is 6.54 Å². The van der Waals surface area contributed by atoms with Gasteiger partial charge in [0.1, 0.15) is 17.4 Å². The van der Waals surface area contributed by atoms with E-state index >= 15 is 0 Å². The fourth-order valence-electron chi connectivity index (χ4n) is 3.92. The third-order valence-electron chi connectivity index (χ3n) is 5.42. The zero-order valence-electron chi connectivity index (χ0n) is 16.9. The van der Waals surface area contributed by atoms with E-state index in [1.165, 1.54) is 0 Å². The van der Waals surface area contributed by atoms with Crippen LogP contribution in [0.5, 0.6) is 0 Å². The minimum Gasteiger partial charge on any atom is -0.461 e. The molecule has 2 saturated heterocycles. The van der Waals surface area contributed by atoms with Crippen molar-refractivity contribution in [3.8, 4) is 6.19 Å². The molecule has 2 fully saturated rings. The number of guanidine groups is 1. The Balaban J connectivity index is 1.44. The van der Waals surface area contributed by atoms with Gasteiger partial charge in [0.15, 0.2) is 6.19 Å². The van der Waals surface area contributed by atoms with Crippen LogP contribution in [0.15, 0.2) is 33.7 Å². The molecule has 30 heavy (non-hydrogen) atoms. The van der Waals surface area contributed by atoms with Crippen LogP contribution in [-0.2, 0) is 9.59 Å². The van der Waals surface area contributed by atoms with Gasteiger partial charge in [-0.25, -0.2) is 4.99 Å². The zero-order valence-corrected chi connectivity index (χ0v) is 16.9. The smallest absolute Gasteiger partial charge is 0.248 e. The summed E-state index contributed by atoms with van der Waals surface area (Å²) in [6, 6.07) is 6.83. The molecule has 2 N–H and O–H groups in total. The van der Waals surface area contributed by atoms with Crippen molar-refractivity contribution >= 4 is 34.4 Å². The lowest BCUT2D eigenvalue weighted by Gasteiger charge is -2.20. The third kappa shape index (κ3) is 4.22. The van der Waals surface area contributed by atoms with Gasteiger partial charge in [-0.05, 0) is 50.5 Å². The molecule has 2 amide bonds. The molecule has 0 saturated carbocycles. The largest absolute Gasteiger partial charge is 0.461 e. The molecule has 0 spiro atoms. The number of nitriles is 1. The van der Waals surface area contributed by atoms with Crippen LogP contribution in [0, 0.1) is 18.4 Å². The van der Waals surface area contributed by atoms with Gasteiger partial charge in [-0.1, -0.05) is 0 Å². The van der Waals surface area contributed by atoms with Crippen LogP contribution in [-0.4, -0.2) is 59.8 Å². The van der Waals surface area contributed by atoms with Crippen molar-refractivity contribution < 1.29 is 14.0 Å².